The number of benzene rings is 1. The molecule has 0 atom stereocenters. The third kappa shape index (κ3) is 2.32. The highest BCUT2D eigenvalue weighted by Gasteiger charge is 2.09. The normalized spacial score (nSPS) is 10.8. The maximum atomic E-state index is 11.8. The molecule has 7 heteroatoms. The van der Waals surface area contributed by atoms with E-state index in [-0.39, 0.29) is 5.56 Å². The van der Waals surface area contributed by atoms with Gasteiger partial charge in [-0.15, -0.1) is 0 Å². The molecule has 96 valence electrons. The zero-order valence-electron chi connectivity index (χ0n) is 9.92. The lowest BCUT2D eigenvalue weighted by Crippen LogP contribution is -2.18. The lowest BCUT2D eigenvalue weighted by Gasteiger charge is -2.01. The summed E-state index contributed by atoms with van der Waals surface area (Å²) < 4.78 is 2.04. The maximum absolute atomic E-state index is 11.8. The molecule has 2 heterocycles. The van der Waals surface area contributed by atoms with E-state index in [0.717, 1.165) is 10.4 Å². The number of halogens is 1. The maximum Gasteiger partial charge on any atom is 0.293 e. The van der Waals surface area contributed by atoms with E-state index in [1.54, 1.807) is 25.4 Å². The molecule has 1 N–H and O–H groups in total. The van der Waals surface area contributed by atoms with Gasteiger partial charge < -0.3 is 5.32 Å². The predicted molar refractivity (Wildman–Crippen MR) is 77.4 cm³/mol. The summed E-state index contributed by atoms with van der Waals surface area (Å²) in [7, 11) is 1.60. The fourth-order valence-electron chi connectivity index (χ4n) is 1.63. The van der Waals surface area contributed by atoms with Gasteiger partial charge in [0.2, 0.25) is 0 Å². The van der Waals surface area contributed by atoms with E-state index < -0.39 is 0 Å². The minimum atomic E-state index is -0.196. The van der Waals surface area contributed by atoms with Crippen LogP contribution in [0.4, 0.5) is 10.8 Å². The van der Waals surface area contributed by atoms with Gasteiger partial charge in [0.1, 0.15) is 0 Å². The quantitative estimate of drug-likeness (QED) is 0.789. The highest BCUT2D eigenvalue weighted by Crippen LogP contribution is 2.26. The molecule has 0 saturated carbocycles. The van der Waals surface area contributed by atoms with Gasteiger partial charge in [0.15, 0.2) is 10.6 Å². The Kier molecular flexibility index (Phi) is 2.96. The van der Waals surface area contributed by atoms with Gasteiger partial charge in [0, 0.05) is 17.8 Å². The summed E-state index contributed by atoms with van der Waals surface area (Å²) in [4.78, 5) is 16.1. The molecule has 0 radical (unpaired) electrons. The fourth-order valence-corrected chi connectivity index (χ4v) is 2.60. The number of aromatic nitrogens is 3. The zero-order chi connectivity index (χ0) is 13.4. The Morgan fingerprint density at radius 1 is 1.32 bits per heavy atom. The first-order valence-electron chi connectivity index (χ1n) is 5.49. The molecule has 0 bridgehead atoms. The van der Waals surface area contributed by atoms with Gasteiger partial charge in [0.05, 0.1) is 10.9 Å². The Bertz CT molecular complexity index is 794. The second kappa shape index (κ2) is 4.64. The molecule has 19 heavy (non-hydrogen) atoms. The third-order valence-electron chi connectivity index (χ3n) is 2.59. The van der Waals surface area contributed by atoms with Gasteiger partial charge in [-0.25, -0.2) is 9.67 Å². The Morgan fingerprint density at radius 2 is 2.05 bits per heavy atom. The predicted octanol–water partition coefficient (Wildman–Crippen LogP) is 2.79. The minimum absolute atomic E-state index is 0.196. The zero-order valence-corrected chi connectivity index (χ0v) is 11.5. The van der Waals surface area contributed by atoms with Crippen LogP contribution in [0.1, 0.15) is 0 Å². The lowest BCUT2D eigenvalue weighted by atomic mass is 10.3. The summed E-state index contributed by atoms with van der Waals surface area (Å²) >= 11 is 7.21. The van der Waals surface area contributed by atoms with Gasteiger partial charge in [-0.2, -0.15) is 5.10 Å². The van der Waals surface area contributed by atoms with E-state index in [2.05, 4.69) is 15.4 Å². The van der Waals surface area contributed by atoms with Crippen LogP contribution in [0.25, 0.3) is 10.2 Å². The summed E-state index contributed by atoms with van der Waals surface area (Å²) in [6.45, 7) is 0. The van der Waals surface area contributed by atoms with Crippen LogP contribution in [-0.4, -0.2) is 14.8 Å². The Labute approximate surface area is 117 Å². The molecule has 0 aliphatic rings. The largest absolute Gasteiger partial charge is 0.332 e. The van der Waals surface area contributed by atoms with Crippen molar-refractivity contribution in [1.82, 2.24) is 14.8 Å². The van der Waals surface area contributed by atoms with Crippen LogP contribution >= 0.6 is 22.9 Å². The van der Waals surface area contributed by atoms with Crippen molar-refractivity contribution < 1.29 is 0 Å². The van der Waals surface area contributed by atoms with Crippen LogP contribution in [0.2, 0.25) is 5.02 Å². The highest BCUT2D eigenvalue weighted by atomic mass is 35.5. The van der Waals surface area contributed by atoms with Crippen molar-refractivity contribution in [1.29, 1.82) is 0 Å². The Hall–Kier alpha value is -1.92. The molecule has 3 rings (SSSR count). The molecule has 0 spiro atoms. The van der Waals surface area contributed by atoms with E-state index in [9.17, 15) is 4.79 Å². The number of aryl methyl sites for hydroxylation is 1. The Morgan fingerprint density at radius 3 is 2.79 bits per heavy atom. The molecule has 0 aliphatic heterocycles. The first-order valence-corrected chi connectivity index (χ1v) is 6.68. The molecule has 0 saturated heterocycles. The van der Waals surface area contributed by atoms with Crippen molar-refractivity contribution in [2.24, 2.45) is 7.05 Å². The molecule has 0 amide bonds. The van der Waals surface area contributed by atoms with Gasteiger partial charge in [0.25, 0.3) is 5.56 Å². The number of anilines is 2. The monoisotopic (exact) mass is 292 g/mol. The number of nitrogens with zero attached hydrogens (tertiary/aromatic N) is 3. The molecule has 5 nitrogen and oxygen atoms in total. The van der Waals surface area contributed by atoms with Crippen LogP contribution in [0.5, 0.6) is 0 Å². The summed E-state index contributed by atoms with van der Waals surface area (Å²) in [5.41, 5.74) is 1.10. The second-order valence-corrected chi connectivity index (χ2v) is 5.40. The number of fused-ring (bicyclic) bond motifs is 1. The van der Waals surface area contributed by atoms with Crippen molar-refractivity contribution in [2.45, 2.75) is 0 Å². The van der Waals surface area contributed by atoms with Gasteiger partial charge >= 0.3 is 0 Å². The highest BCUT2D eigenvalue weighted by molar-refractivity contribution is 7.22. The number of hydrogen-bond acceptors (Lipinski definition) is 5. The Balaban J connectivity index is 2.00. The number of nitrogens with one attached hydrogen (secondary N) is 1. The first kappa shape index (κ1) is 12.1. The number of hydrogen-bond donors (Lipinski definition) is 1. The standard InChI is InChI=1S/C12H9ClN4OS/c1-17-11(18)10-9(6-14-17)19-12(16-10)15-8-4-2-7(13)3-5-8/h2-6H,1H3,(H,15,16). The fraction of sp³-hybridized carbons (Fsp3) is 0.0833. The summed E-state index contributed by atoms with van der Waals surface area (Å²) in [5, 5.41) is 8.44. The molecule has 0 fully saturated rings. The van der Waals surface area contributed by atoms with Crippen molar-refractivity contribution in [3.05, 3.63) is 45.8 Å². The topological polar surface area (TPSA) is 59.8 Å². The summed E-state index contributed by atoms with van der Waals surface area (Å²) in [6.07, 6.45) is 1.64. The third-order valence-corrected chi connectivity index (χ3v) is 3.75. The van der Waals surface area contributed by atoms with Crippen molar-refractivity contribution in [3.8, 4) is 0 Å². The smallest absolute Gasteiger partial charge is 0.293 e. The van der Waals surface area contributed by atoms with Crippen LogP contribution in [0, 0.1) is 0 Å². The van der Waals surface area contributed by atoms with Crippen LogP contribution < -0.4 is 10.9 Å². The average Bonchev–Trinajstić information content (AvgIpc) is 2.80. The molecule has 1 aromatic carbocycles. The van der Waals surface area contributed by atoms with Gasteiger partial charge in [-0.3, -0.25) is 4.79 Å². The van der Waals surface area contributed by atoms with E-state index in [1.807, 2.05) is 12.1 Å². The second-order valence-electron chi connectivity index (χ2n) is 3.94. The van der Waals surface area contributed by atoms with Crippen LogP contribution in [-0.2, 0) is 7.05 Å². The molecule has 3 aromatic rings. The molecule has 0 aliphatic carbocycles. The van der Waals surface area contributed by atoms with E-state index in [1.165, 1.54) is 16.0 Å². The van der Waals surface area contributed by atoms with Crippen LogP contribution in [0.15, 0.2) is 35.3 Å². The summed E-state index contributed by atoms with van der Waals surface area (Å²) in [6, 6.07) is 7.28. The average molecular weight is 293 g/mol. The van der Waals surface area contributed by atoms with E-state index >= 15 is 0 Å². The van der Waals surface area contributed by atoms with Crippen molar-refractivity contribution >= 4 is 44.0 Å². The van der Waals surface area contributed by atoms with Gasteiger partial charge in [-0.05, 0) is 24.3 Å². The molecule has 2 aromatic heterocycles. The number of thiazole rings is 1. The molecular weight excluding hydrogens is 284 g/mol. The summed E-state index contributed by atoms with van der Waals surface area (Å²) in [5.74, 6) is 0. The van der Waals surface area contributed by atoms with E-state index in [4.69, 9.17) is 11.6 Å². The number of rotatable bonds is 2. The lowest BCUT2D eigenvalue weighted by molar-refractivity contribution is 0.717. The molecule has 0 unspecified atom stereocenters. The minimum Gasteiger partial charge on any atom is -0.332 e. The molecular formula is C12H9ClN4OS. The van der Waals surface area contributed by atoms with E-state index in [0.29, 0.717) is 15.7 Å². The first-order chi connectivity index (χ1) is 9.13. The van der Waals surface area contributed by atoms with Crippen LogP contribution in [0.3, 0.4) is 0 Å². The van der Waals surface area contributed by atoms with Gasteiger partial charge in [-0.1, -0.05) is 22.9 Å². The SMILES string of the molecule is Cn1ncc2sc(Nc3ccc(Cl)cc3)nc2c1=O. The van der Waals surface area contributed by atoms with Crippen molar-refractivity contribution in [3.63, 3.8) is 0 Å². The van der Waals surface area contributed by atoms with Crippen molar-refractivity contribution in [2.75, 3.05) is 5.32 Å².